The van der Waals surface area contributed by atoms with Crippen molar-refractivity contribution in [1.29, 1.82) is 0 Å². The quantitative estimate of drug-likeness (QED) is 0.477. The third-order valence-electron chi connectivity index (χ3n) is 5.84. The Bertz CT molecular complexity index is 817. The van der Waals surface area contributed by atoms with Crippen LogP contribution < -0.4 is 15.4 Å². The van der Waals surface area contributed by atoms with Gasteiger partial charge >= 0.3 is 0 Å². The lowest BCUT2D eigenvalue weighted by Crippen LogP contribution is -2.38. The molecule has 2 N–H and O–H groups in total. The van der Waals surface area contributed by atoms with Crippen LogP contribution in [0.5, 0.6) is 5.75 Å². The first kappa shape index (κ1) is 23.1. The minimum Gasteiger partial charge on any atom is -0.497 e. The lowest BCUT2D eigenvalue weighted by molar-refractivity contribution is 0.0341. The number of nitrogens with one attached hydrogen (secondary N) is 2. The van der Waals surface area contributed by atoms with E-state index in [0.29, 0.717) is 5.92 Å². The van der Waals surface area contributed by atoms with Crippen molar-refractivity contribution in [2.24, 2.45) is 4.99 Å². The lowest BCUT2D eigenvalue weighted by atomic mass is 9.98. The van der Waals surface area contributed by atoms with Crippen LogP contribution in [0.2, 0.25) is 0 Å². The van der Waals surface area contributed by atoms with E-state index in [1.807, 2.05) is 19.2 Å². The summed E-state index contributed by atoms with van der Waals surface area (Å²) in [6.45, 7) is 8.48. The number of benzene rings is 2. The van der Waals surface area contributed by atoms with Gasteiger partial charge in [0.05, 0.1) is 20.3 Å². The normalized spacial score (nSPS) is 16.0. The van der Waals surface area contributed by atoms with Gasteiger partial charge in [0, 0.05) is 39.8 Å². The van der Waals surface area contributed by atoms with Crippen LogP contribution in [-0.2, 0) is 17.8 Å². The molecule has 0 saturated carbocycles. The molecule has 6 heteroatoms. The maximum atomic E-state index is 5.47. The van der Waals surface area contributed by atoms with Crippen LogP contribution in [0.3, 0.4) is 0 Å². The number of hydrogen-bond acceptors (Lipinski definition) is 4. The summed E-state index contributed by atoms with van der Waals surface area (Å²) in [7, 11) is 3.52. The van der Waals surface area contributed by atoms with Gasteiger partial charge in [0.25, 0.3) is 0 Å². The summed E-state index contributed by atoms with van der Waals surface area (Å²) in [5.74, 6) is 2.20. The van der Waals surface area contributed by atoms with Crippen LogP contribution in [0.15, 0.2) is 53.5 Å². The van der Waals surface area contributed by atoms with Crippen molar-refractivity contribution in [2.75, 3.05) is 47.0 Å². The maximum absolute atomic E-state index is 5.47. The number of guanidine groups is 1. The highest BCUT2D eigenvalue weighted by Gasteiger charge is 2.13. The standard InChI is InChI=1S/C25H36N4O2/c1-20(21-8-10-24(30-3)11-9-21)12-13-27-25(26-2)28-18-22-6-4-5-7-23(22)19-29-14-16-31-17-15-29/h4-11,20H,12-19H2,1-3H3,(H2,26,27,28). The molecule has 3 rings (SSSR count). The van der Waals surface area contributed by atoms with Crippen molar-refractivity contribution in [3.8, 4) is 5.75 Å². The first-order valence-electron chi connectivity index (χ1n) is 11.1. The predicted octanol–water partition coefficient (Wildman–Crippen LogP) is 3.39. The second-order valence-corrected chi connectivity index (χ2v) is 7.97. The van der Waals surface area contributed by atoms with Crippen molar-refractivity contribution < 1.29 is 9.47 Å². The zero-order chi connectivity index (χ0) is 21.9. The van der Waals surface area contributed by atoms with Crippen molar-refractivity contribution in [3.63, 3.8) is 0 Å². The van der Waals surface area contributed by atoms with E-state index in [1.54, 1.807) is 7.11 Å². The van der Waals surface area contributed by atoms with E-state index in [1.165, 1.54) is 16.7 Å². The van der Waals surface area contributed by atoms with E-state index in [9.17, 15) is 0 Å². The van der Waals surface area contributed by atoms with Crippen molar-refractivity contribution >= 4 is 5.96 Å². The molecule has 1 fully saturated rings. The number of rotatable bonds is 9. The van der Waals surface area contributed by atoms with Gasteiger partial charge in [-0.05, 0) is 41.2 Å². The van der Waals surface area contributed by atoms with E-state index >= 15 is 0 Å². The van der Waals surface area contributed by atoms with Crippen LogP contribution in [0.4, 0.5) is 0 Å². The van der Waals surface area contributed by atoms with Crippen LogP contribution in [0.25, 0.3) is 0 Å². The molecule has 0 aliphatic carbocycles. The molecule has 0 radical (unpaired) electrons. The summed E-state index contributed by atoms with van der Waals surface area (Å²) in [6.07, 6.45) is 1.03. The van der Waals surface area contributed by atoms with Crippen LogP contribution in [0.1, 0.15) is 36.0 Å². The molecule has 2 aromatic carbocycles. The number of nitrogens with zero attached hydrogens (tertiary/aromatic N) is 2. The van der Waals surface area contributed by atoms with Gasteiger partial charge in [0.2, 0.25) is 0 Å². The number of morpholine rings is 1. The molecule has 0 bridgehead atoms. The summed E-state index contributed by atoms with van der Waals surface area (Å²) in [5.41, 5.74) is 3.99. The highest BCUT2D eigenvalue weighted by molar-refractivity contribution is 5.79. The summed E-state index contributed by atoms with van der Waals surface area (Å²) in [4.78, 5) is 6.85. The van der Waals surface area contributed by atoms with Crippen molar-refractivity contribution in [3.05, 3.63) is 65.2 Å². The molecule has 1 heterocycles. The van der Waals surface area contributed by atoms with Gasteiger partial charge in [0.1, 0.15) is 5.75 Å². The highest BCUT2D eigenvalue weighted by Crippen LogP contribution is 2.21. The lowest BCUT2D eigenvalue weighted by Gasteiger charge is -2.27. The average Bonchev–Trinajstić information content (AvgIpc) is 2.82. The number of aliphatic imine (C=N–C) groups is 1. The van der Waals surface area contributed by atoms with Gasteiger partial charge in [-0.15, -0.1) is 0 Å². The third kappa shape index (κ3) is 7.26. The fourth-order valence-electron chi connectivity index (χ4n) is 3.79. The topological polar surface area (TPSA) is 58.1 Å². The zero-order valence-electron chi connectivity index (χ0n) is 19.1. The molecule has 0 aromatic heterocycles. The van der Waals surface area contributed by atoms with Crippen LogP contribution >= 0.6 is 0 Å². The fraction of sp³-hybridized carbons (Fsp3) is 0.480. The summed E-state index contributed by atoms with van der Waals surface area (Å²) in [5, 5.41) is 6.92. The van der Waals surface area contributed by atoms with E-state index in [2.05, 4.69) is 63.8 Å². The monoisotopic (exact) mass is 424 g/mol. The first-order valence-corrected chi connectivity index (χ1v) is 11.1. The summed E-state index contributed by atoms with van der Waals surface area (Å²) < 4.78 is 10.7. The van der Waals surface area contributed by atoms with E-state index < -0.39 is 0 Å². The Morgan fingerprint density at radius 3 is 2.45 bits per heavy atom. The van der Waals surface area contributed by atoms with Gasteiger partial charge in [-0.1, -0.05) is 43.3 Å². The molecule has 0 amide bonds. The Labute approximate surface area is 186 Å². The second kappa shape index (κ2) is 12.3. The first-order chi connectivity index (χ1) is 15.2. The van der Waals surface area contributed by atoms with E-state index in [4.69, 9.17) is 9.47 Å². The maximum Gasteiger partial charge on any atom is 0.191 e. The van der Waals surface area contributed by atoms with Gasteiger partial charge < -0.3 is 20.1 Å². The molecule has 168 valence electrons. The summed E-state index contributed by atoms with van der Waals surface area (Å²) >= 11 is 0. The Morgan fingerprint density at radius 1 is 1.06 bits per heavy atom. The van der Waals surface area contributed by atoms with E-state index in [-0.39, 0.29) is 0 Å². The molecule has 1 aliphatic heterocycles. The minimum absolute atomic E-state index is 0.464. The van der Waals surface area contributed by atoms with Crippen molar-refractivity contribution in [1.82, 2.24) is 15.5 Å². The number of ether oxygens (including phenoxy) is 2. The van der Waals surface area contributed by atoms with Gasteiger partial charge in [-0.3, -0.25) is 9.89 Å². The Balaban J connectivity index is 1.46. The molecular weight excluding hydrogens is 388 g/mol. The molecule has 1 saturated heterocycles. The SMILES string of the molecule is CN=C(NCCC(C)c1ccc(OC)cc1)NCc1ccccc1CN1CCOCC1. The molecule has 6 nitrogen and oxygen atoms in total. The predicted molar refractivity (Wildman–Crippen MR) is 127 cm³/mol. The highest BCUT2D eigenvalue weighted by atomic mass is 16.5. The molecule has 1 aliphatic rings. The minimum atomic E-state index is 0.464. The Morgan fingerprint density at radius 2 is 1.77 bits per heavy atom. The van der Waals surface area contributed by atoms with Crippen molar-refractivity contribution in [2.45, 2.75) is 32.4 Å². The largest absolute Gasteiger partial charge is 0.497 e. The average molecular weight is 425 g/mol. The fourth-order valence-corrected chi connectivity index (χ4v) is 3.79. The Hall–Kier alpha value is -2.57. The second-order valence-electron chi connectivity index (χ2n) is 7.97. The molecule has 0 spiro atoms. The van der Waals surface area contributed by atoms with E-state index in [0.717, 1.165) is 64.1 Å². The van der Waals surface area contributed by atoms with Gasteiger partial charge in [-0.2, -0.15) is 0 Å². The van der Waals surface area contributed by atoms with Crippen LogP contribution in [0, 0.1) is 0 Å². The number of methoxy groups -OCH3 is 1. The molecular formula is C25H36N4O2. The van der Waals surface area contributed by atoms with Gasteiger partial charge in [0.15, 0.2) is 5.96 Å². The number of hydrogen-bond donors (Lipinski definition) is 2. The molecule has 31 heavy (non-hydrogen) atoms. The molecule has 2 aromatic rings. The Kier molecular flexibility index (Phi) is 9.18. The summed E-state index contributed by atoms with van der Waals surface area (Å²) in [6, 6.07) is 17.0. The molecule has 1 unspecified atom stereocenters. The zero-order valence-corrected chi connectivity index (χ0v) is 19.1. The third-order valence-corrected chi connectivity index (χ3v) is 5.84. The van der Waals surface area contributed by atoms with Gasteiger partial charge in [-0.25, -0.2) is 0 Å². The van der Waals surface area contributed by atoms with Crippen LogP contribution in [-0.4, -0.2) is 57.9 Å². The smallest absolute Gasteiger partial charge is 0.191 e. The molecule has 1 atom stereocenters.